The summed E-state index contributed by atoms with van der Waals surface area (Å²) < 4.78 is 82.8. The van der Waals surface area contributed by atoms with Gasteiger partial charge in [0.25, 0.3) is 11.8 Å². The molecule has 0 aromatic heterocycles. The number of ether oxygens (including phenoxy) is 18. The zero-order valence-electron chi connectivity index (χ0n) is 71.8. The lowest BCUT2D eigenvalue weighted by Crippen LogP contribution is -2.45. The van der Waals surface area contributed by atoms with Crippen molar-refractivity contribution >= 4 is 113 Å². The second-order valence-corrected chi connectivity index (χ2v) is 28.8. The normalized spacial score (nSPS) is 24.3. The molecule has 14 rings (SSSR count). The molecule has 0 bridgehead atoms. The molecule has 6 unspecified atom stereocenters. The van der Waals surface area contributed by atoms with Gasteiger partial charge < -0.3 is 95.9 Å². The molecule has 39 heteroatoms. The summed E-state index contributed by atoms with van der Waals surface area (Å²) in [5, 5.41) is 4.69. The molecule has 0 aromatic carbocycles. The topological polar surface area (TPSA) is 515 Å². The monoisotopic (exact) mass is 1750 g/mol. The number of hydrogen-bond donors (Lipinski definition) is 2. The second-order valence-electron chi connectivity index (χ2n) is 28.8. The Morgan fingerprint density at radius 2 is 0.525 bits per heavy atom. The summed E-state index contributed by atoms with van der Waals surface area (Å²) in [6.07, 6.45) is 36.6. The quantitative estimate of drug-likeness (QED) is 0.178. The van der Waals surface area contributed by atoms with E-state index in [2.05, 4.69) is 67.5 Å². The van der Waals surface area contributed by atoms with Crippen molar-refractivity contribution in [2.75, 3.05) is 99.0 Å². The van der Waals surface area contributed by atoms with Gasteiger partial charge in [0, 0.05) is 38.5 Å². The van der Waals surface area contributed by atoms with Gasteiger partial charge in [-0.25, -0.2) is 33.6 Å². The summed E-state index contributed by atoms with van der Waals surface area (Å²) in [6, 6.07) is 0. The van der Waals surface area contributed by atoms with E-state index in [4.69, 9.17) is 28.4 Å². The average molecular weight is 1750 g/mol. The standard InChI is InChI=1S/C15H28O2.C9H16O2.C7H12O2.C6H8O4.2C6H10O2.C5H7NO3.C5H6O4.C5H8O2.C4H5NO3.C4H4O4.C4H6O3.C4H6O2.C3H4O2/c16-15-13-11-9-7-5-3-1-2-4-6-8-10-12-14-17-15;10-9-7-5-3-1-2-4-6-8-11-9;8-7-5-3-1-2-4-6-9-7;1-3-5(7)10-4(2)6(8)9-3;1-5-3-2-4-6(7)8-5;7-6-4-2-1-3-5-8-6;1-3-5(8)6-2-4(7)9-3;1-3-5(7)8-2-4(6)9-3;6-5-3-1-2-4-7-5;6-3-2-8-4(7)1-5-3;5-3-1-7-4(6)2-8-3;5-4-3-6-1-2-7-4;1-3-2-4(5)6-3;4-3-1-2-5-3/h1-14H2;1-8H2;1-6H2;3-4H,1-2H3;5H,2-4H2,1H3;1-5H2;3H,2H2,1H3,(H,6,8);3H,2H2,1H3;1-4H2;1-2H2,(H,5,6);1-2H2;1-3H2;3H,2H2,1H3;1-2H2. The van der Waals surface area contributed by atoms with Crippen LogP contribution in [0.5, 0.6) is 0 Å². The van der Waals surface area contributed by atoms with Gasteiger partial charge >= 0.3 is 101 Å². The third kappa shape index (κ3) is 65.6. The highest BCUT2D eigenvalue weighted by molar-refractivity contribution is 5.90. The molecule has 6 atom stereocenters. The molecule has 39 nitrogen and oxygen atoms in total. The summed E-state index contributed by atoms with van der Waals surface area (Å²) in [5.74, 6) is -4.59. The second kappa shape index (κ2) is 71.5. The van der Waals surface area contributed by atoms with E-state index in [1.165, 1.54) is 130 Å². The van der Waals surface area contributed by atoms with Crippen LogP contribution in [0.4, 0.5) is 0 Å². The fourth-order valence-corrected chi connectivity index (χ4v) is 10.6. The summed E-state index contributed by atoms with van der Waals surface area (Å²) in [4.78, 5) is 197. The highest BCUT2D eigenvalue weighted by Gasteiger charge is 2.33. The molecule has 0 spiro atoms. The number of nitrogens with one attached hydrogen (secondary N) is 2. The van der Waals surface area contributed by atoms with Gasteiger partial charge in [0.15, 0.2) is 50.8 Å². The van der Waals surface area contributed by atoms with Crippen molar-refractivity contribution in [2.24, 2.45) is 0 Å². The molecule has 0 saturated carbocycles. The predicted molar refractivity (Wildman–Crippen MR) is 422 cm³/mol. The van der Waals surface area contributed by atoms with Gasteiger partial charge in [-0.05, 0) is 125 Å². The van der Waals surface area contributed by atoms with E-state index >= 15 is 0 Å². The van der Waals surface area contributed by atoms with E-state index in [0.717, 1.165) is 83.5 Å². The van der Waals surface area contributed by atoms with Crippen LogP contribution in [-0.4, -0.2) is 249 Å². The number of hydrogen-bond acceptors (Lipinski definition) is 37. The van der Waals surface area contributed by atoms with Crippen molar-refractivity contribution in [3.63, 3.8) is 0 Å². The van der Waals surface area contributed by atoms with Crippen LogP contribution in [0.1, 0.15) is 279 Å². The van der Waals surface area contributed by atoms with Gasteiger partial charge in [-0.1, -0.05) is 103 Å². The zero-order chi connectivity index (χ0) is 90.3. The average Bonchev–Trinajstić information content (AvgIpc) is 0.874. The molecule has 0 aliphatic carbocycles. The molecule has 14 fully saturated rings. The van der Waals surface area contributed by atoms with Gasteiger partial charge in [0.05, 0.1) is 58.6 Å². The number of carbonyl (C=O) groups is 19. The highest BCUT2D eigenvalue weighted by Crippen LogP contribution is 2.17. The Kier molecular flexibility index (Phi) is 64.4. The number of carbonyl (C=O) groups excluding carboxylic acids is 19. The third-order valence-electron chi connectivity index (χ3n) is 17.6. The minimum atomic E-state index is -0.747. The fourth-order valence-electron chi connectivity index (χ4n) is 10.6. The van der Waals surface area contributed by atoms with E-state index in [0.29, 0.717) is 104 Å². The molecular weight excluding hydrogens is 1620 g/mol. The summed E-state index contributed by atoms with van der Waals surface area (Å²) in [6.45, 7) is 13.8. The van der Waals surface area contributed by atoms with Crippen molar-refractivity contribution in [3.8, 4) is 0 Å². The van der Waals surface area contributed by atoms with Gasteiger partial charge in [-0.15, -0.1) is 0 Å². The van der Waals surface area contributed by atoms with E-state index in [1.807, 2.05) is 13.8 Å². The lowest BCUT2D eigenvalue weighted by molar-refractivity contribution is -0.191. The van der Waals surface area contributed by atoms with Crippen LogP contribution in [0, 0.1) is 0 Å². The van der Waals surface area contributed by atoms with Crippen molar-refractivity contribution in [1.82, 2.24) is 10.6 Å². The van der Waals surface area contributed by atoms with Gasteiger partial charge in [-0.2, -0.15) is 0 Å². The maximum Gasteiger partial charge on any atom is 0.347 e. The van der Waals surface area contributed by atoms with Crippen LogP contribution in [0.2, 0.25) is 0 Å². The Morgan fingerprint density at radius 3 is 0.787 bits per heavy atom. The summed E-state index contributed by atoms with van der Waals surface area (Å²) in [7, 11) is 0. The van der Waals surface area contributed by atoms with Gasteiger partial charge in [-0.3, -0.25) is 57.5 Å². The number of esters is 17. The molecule has 14 aliphatic heterocycles. The van der Waals surface area contributed by atoms with Crippen LogP contribution >= 0.6 is 0 Å². The molecule has 14 saturated heterocycles. The van der Waals surface area contributed by atoms with Crippen LogP contribution < -0.4 is 10.6 Å². The first-order chi connectivity index (χ1) is 58.4. The third-order valence-corrected chi connectivity index (χ3v) is 17.6. The van der Waals surface area contributed by atoms with Crippen LogP contribution in [0.25, 0.3) is 0 Å². The Labute approximate surface area is 712 Å². The molecule has 694 valence electrons. The maximum atomic E-state index is 11.4. The fraction of sp³-hybridized carbons (Fsp3) is 0.771. The van der Waals surface area contributed by atoms with E-state index in [9.17, 15) is 91.1 Å². The molecular formula is C83H130N2O37. The molecule has 2 amide bonds. The minimum absolute atomic E-state index is 0.00315. The lowest BCUT2D eigenvalue weighted by Gasteiger charge is -2.22. The van der Waals surface area contributed by atoms with Crippen molar-refractivity contribution in [1.29, 1.82) is 0 Å². The zero-order valence-corrected chi connectivity index (χ0v) is 71.8. The van der Waals surface area contributed by atoms with E-state index in [-0.39, 0.29) is 136 Å². The summed E-state index contributed by atoms with van der Waals surface area (Å²) in [5.41, 5.74) is 0. The van der Waals surface area contributed by atoms with Crippen LogP contribution in [0.15, 0.2) is 0 Å². The summed E-state index contributed by atoms with van der Waals surface area (Å²) >= 11 is 0. The first-order valence-corrected chi connectivity index (χ1v) is 42.5. The smallest absolute Gasteiger partial charge is 0.347 e. The predicted octanol–water partition coefficient (Wildman–Crippen LogP) is 7.25. The molecule has 14 heterocycles. The maximum absolute atomic E-state index is 11.4. The van der Waals surface area contributed by atoms with Crippen LogP contribution in [-0.2, 0) is 176 Å². The first-order valence-electron chi connectivity index (χ1n) is 42.5. The van der Waals surface area contributed by atoms with Gasteiger partial charge in [0.2, 0.25) is 0 Å². The largest absolute Gasteiger partial charge is 0.466 e. The highest BCUT2D eigenvalue weighted by atomic mass is 16.7. The van der Waals surface area contributed by atoms with Crippen LogP contribution in [0.3, 0.4) is 0 Å². The van der Waals surface area contributed by atoms with Crippen molar-refractivity contribution in [3.05, 3.63) is 0 Å². The number of amides is 2. The Hall–Kier alpha value is -10.1. The van der Waals surface area contributed by atoms with E-state index in [1.54, 1.807) is 0 Å². The Bertz CT molecular complexity index is 2930. The SMILES string of the molecule is CC1CC(=O)O1.CC1CCCC(=O)O1.CC1OC(=O)C(C)OC1=O.CC1OC(=O)CNC1=O.CC1OC(=O)COC1=O.O=C1CCCCCCCCCCCCCCO1.O=C1CCCCCCCCO1.O=C1CCCCCCO1.O=C1CCCCCO1.O=C1CCCCO1.O=C1CCO1.O=C1COC(=O)CN1.O=C1COC(=O)CO1.O=C1COCCO1. The Morgan fingerprint density at radius 1 is 0.213 bits per heavy atom. The molecule has 0 radical (unpaired) electrons. The first kappa shape index (κ1) is 110. The molecule has 122 heavy (non-hydrogen) atoms. The molecule has 2 N–H and O–H groups in total. The van der Waals surface area contributed by atoms with E-state index < -0.39 is 60.2 Å². The Balaban J connectivity index is 0.000000663. The number of rotatable bonds is 0. The van der Waals surface area contributed by atoms with Gasteiger partial charge in [0.1, 0.15) is 39.0 Å². The minimum Gasteiger partial charge on any atom is -0.466 e. The molecule has 14 aliphatic rings. The van der Waals surface area contributed by atoms with Crippen molar-refractivity contribution in [2.45, 2.75) is 316 Å². The molecule has 0 aromatic rings. The van der Waals surface area contributed by atoms with Crippen molar-refractivity contribution < 1.29 is 176 Å². The number of morpholine rings is 2. The number of cyclic esters (lactones) is 17. The lowest BCUT2D eigenvalue weighted by atomic mass is 10.0.